The lowest BCUT2D eigenvalue weighted by atomic mass is 9.95. The normalized spacial score (nSPS) is 20.2. The number of hydrogen-bond acceptors (Lipinski definition) is 9. The Morgan fingerprint density at radius 2 is 1.98 bits per heavy atom. The number of nitrogens with one attached hydrogen (secondary N) is 1. The highest BCUT2D eigenvalue weighted by molar-refractivity contribution is 7.11. The Morgan fingerprint density at radius 1 is 1.18 bits per heavy atom. The molecule has 2 saturated heterocycles. The number of benzene rings is 2. The van der Waals surface area contributed by atoms with E-state index in [0.29, 0.717) is 61.2 Å². The first-order valence-corrected chi connectivity index (χ1v) is 15.7. The Bertz CT molecular complexity index is 1680. The zero-order valence-electron chi connectivity index (χ0n) is 24.4. The maximum absolute atomic E-state index is 14.0. The number of rotatable bonds is 9. The molecule has 2 aromatic carbocycles. The number of aliphatic imine (C=N–C) groups is 1. The van der Waals surface area contributed by atoms with Crippen LogP contribution in [0.2, 0.25) is 5.02 Å². The third kappa shape index (κ3) is 6.42. The number of piperazine rings is 1. The van der Waals surface area contributed by atoms with E-state index in [1.165, 1.54) is 36.6 Å². The topological polar surface area (TPSA) is 133 Å². The average Bonchev–Trinajstić information content (AvgIpc) is 3.68. The van der Waals surface area contributed by atoms with Crippen molar-refractivity contribution in [3.8, 4) is 0 Å². The first-order valence-electron chi connectivity index (χ1n) is 14.4. The summed E-state index contributed by atoms with van der Waals surface area (Å²) in [5.74, 6) is -0.958. The number of urea groups is 1. The third-order valence-corrected chi connectivity index (χ3v) is 9.26. The third-order valence-electron chi connectivity index (χ3n) is 8.15. The second kappa shape index (κ2) is 13.0. The Labute approximate surface area is 268 Å². The molecule has 2 fully saturated rings. The van der Waals surface area contributed by atoms with Crippen molar-refractivity contribution in [2.45, 2.75) is 24.9 Å². The number of methoxy groups -OCH3 is 1. The molecule has 1 aromatic heterocycles. The van der Waals surface area contributed by atoms with Crippen molar-refractivity contribution in [2.24, 2.45) is 10.7 Å². The number of halogens is 2. The van der Waals surface area contributed by atoms with E-state index < -0.39 is 17.8 Å². The molecular formula is C31H31ClFN7O4S. The molecular weight excluding hydrogens is 621 g/mol. The number of aryl methyl sites for hydroxylation is 1. The minimum atomic E-state index is -0.850. The number of thiazole rings is 1. The number of nitrogens with two attached hydrogens (primary N) is 1. The van der Waals surface area contributed by atoms with Gasteiger partial charge in [-0.15, -0.1) is 11.3 Å². The molecule has 3 aliphatic rings. The summed E-state index contributed by atoms with van der Waals surface area (Å²) in [6, 6.07) is 10.6. The molecule has 45 heavy (non-hydrogen) atoms. The van der Waals surface area contributed by atoms with Gasteiger partial charge in [-0.1, -0.05) is 29.8 Å². The number of anilines is 1. The van der Waals surface area contributed by atoms with E-state index >= 15 is 0 Å². The van der Waals surface area contributed by atoms with Gasteiger partial charge in [-0.05, 0) is 36.2 Å². The van der Waals surface area contributed by atoms with Crippen LogP contribution in [0.3, 0.4) is 0 Å². The molecule has 6 rings (SSSR count). The molecule has 3 aromatic rings. The summed E-state index contributed by atoms with van der Waals surface area (Å²) >= 11 is 7.87. The summed E-state index contributed by atoms with van der Waals surface area (Å²) < 4.78 is 19.2. The number of hydrogen-bond donors (Lipinski definition) is 2. The quantitative estimate of drug-likeness (QED) is 0.339. The molecule has 2 unspecified atom stereocenters. The lowest BCUT2D eigenvalue weighted by Crippen LogP contribution is -2.53. The summed E-state index contributed by atoms with van der Waals surface area (Å²) in [5, 5.41) is 5.92. The molecule has 0 saturated carbocycles. The van der Waals surface area contributed by atoms with Crippen molar-refractivity contribution in [1.29, 1.82) is 0 Å². The highest BCUT2D eigenvalue weighted by Crippen LogP contribution is 2.37. The predicted octanol–water partition coefficient (Wildman–Crippen LogP) is 3.50. The van der Waals surface area contributed by atoms with Gasteiger partial charge in [-0.3, -0.25) is 19.6 Å². The number of esters is 1. The van der Waals surface area contributed by atoms with Crippen molar-refractivity contribution >= 4 is 52.4 Å². The molecule has 0 aliphatic carbocycles. The number of fused-ring (bicyclic) bond motifs is 1. The van der Waals surface area contributed by atoms with Gasteiger partial charge in [-0.25, -0.2) is 19.0 Å². The van der Waals surface area contributed by atoms with Gasteiger partial charge in [0.15, 0.2) is 10.8 Å². The van der Waals surface area contributed by atoms with E-state index in [0.717, 1.165) is 11.3 Å². The molecule has 3 amide bonds. The van der Waals surface area contributed by atoms with E-state index in [9.17, 15) is 18.8 Å². The number of ether oxygens (including phenoxy) is 1. The maximum Gasteiger partial charge on any atom is 0.338 e. The summed E-state index contributed by atoms with van der Waals surface area (Å²) in [7, 11) is 1.30. The zero-order chi connectivity index (χ0) is 31.7. The molecule has 2 atom stereocenters. The van der Waals surface area contributed by atoms with Gasteiger partial charge in [0.2, 0.25) is 5.91 Å². The molecule has 14 heteroatoms. The summed E-state index contributed by atoms with van der Waals surface area (Å²) in [4.78, 5) is 52.8. The van der Waals surface area contributed by atoms with Gasteiger partial charge in [-0.2, -0.15) is 0 Å². The second-order valence-corrected chi connectivity index (χ2v) is 12.3. The number of amides is 3. The molecule has 3 aliphatic heterocycles. The summed E-state index contributed by atoms with van der Waals surface area (Å²) in [5.41, 5.74) is 8.35. The van der Waals surface area contributed by atoms with Crippen LogP contribution in [-0.2, 0) is 20.7 Å². The van der Waals surface area contributed by atoms with Crippen LogP contribution in [0.5, 0.6) is 0 Å². The fourth-order valence-electron chi connectivity index (χ4n) is 5.93. The standard InChI is InChI=1S/C31H31ClFN7O4S/c1-44-30(42)26-24(36-28(29-35-10-13-45-29)37-27(26)22-8-5-19(33)14-23(22)32)17-38-11-12-39-21(15-38)16-40(31(39)43)20-6-2-18(3-7-20)4-9-25(34)41/h2-3,5-8,10,13-14,21,27H,4,9,11-12,15-17H2,1H3,(H2,34,41)(H,36,37). The first-order chi connectivity index (χ1) is 21.7. The lowest BCUT2D eigenvalue weighted by molar-refractivity contribution is -0.136. The molecule has 0 bridgehead atoms. The number of amidine groups is 1. The largest absolute Gasteiger partial charge is 0.466 e. The van der Waals surface area contributed by atoms with Gasteiger partial charge in [0.1, 0.15) is 11.9 Å². The molecule has 4 heterocycles. The van der Waals surface area contributed by atoms with E-state index in [2.05, 4.69) is 15.2 Å². The van der Waals surface area contributed by atoms with Gasteiger partial charge >= 0.3 is 12.0 Å². The van der Waals surface area contributed by atoms with Crippen molar-refractivity contribution in [1.82, 2.24) is 20.1 Å². The van der Waals surface area contributed by atoms with Gasteiger partial charge < -0.3 is 20.7 Å². The van der Waals surface area contributed by atoms with Crippen LogP contribution in [-0.4, -0.2) is 84.4 Å². The minimum Gasteiger partial charge on any atom is -0.466 e. The van der Waals surface area contributed by atoms with Crippen molar-refractivity contribution in [3.05, 3.63) is 92.3 Å². The van der Waals surface area contributed by atoms with Crippen LogP contribution in [0.25, 0.3) is 0 Å². The second-order valence-electron chi connectivity index (χ2n) is 11.0. The van der Waals surface area contributed by atoms with Crippen LogP contribution in [0.4, 0.5) is 14.9 Å². The molecule has 234 valence electrons. The fourth-order valence-corrected chi connectivity index (χ4v) is 6.79. The van der Waals surface area contributed by atoms with Crippen LogP contribution < -0.4 is 16.0 Å². The van der Waals surface area contributed by atoms with E-state index in [1.807, 2.05) is 34.5 Å². The number of carbonyl (C=O) groups is 3. The first kappa shape index (κ1) is 30.7. The van der Waals surface area contributed by atoms with Crippen LogP contribution in [0.15, 0.2) is 70.3 Å². The predicted molar refractivity (Wildman–Crippen MR) is 169 cm³/mol. The van der Waals surface area contributed by atoms with Crippen molar-refractivity contribution in [2.75, 3.05) is 44.7 Å². The van der Waals surface area contributed by atoms with Crippen molar-refractivity contribution in [3.63, 3.8) is 0 Å². The summed E-state index contributed by atoms with van der Waals surface area (Å²) in [6.45, 7) is 2.51. The zero-order valence-corrected chi connectivity index (χ0v) is 26.0. The highest BCUT2D eigenvalue weighted by Gasteiger charge is 2.42. The molecule has 0 spiro atoms. The fraction of sp³-hybridized carbons (Fsp3) is 0.323. The van der Waals surface area contributed by atoms with E-state index in [4.69, 9.17) is 27.1 Å². The Morgan fingerprint density at radius 3 is 2.67 bits per heavy atom. The molecule has 3 N–H and O–H groups in total. The average molecular weight is 652 g/mol. The Kier molecular flexibility index (Phi) is 8.83. The Balaban J connectivity index is 1.24. The highest BCUT2D eigenvalue weighted by atomic mass is 35.5. The number of aromatic nitrogens is 1. The van der Waals surface area contributed by atoms with Gasteiger partial charge in [0.05, 0.1) is 18.7 Å². The Hall–Kier alpha value is -4.33. The number of nitrogens with zero attached hydrogens (tertiary/aromatic N) is 5. The van der Waals surface area contributed by atoms with Gasteiger partial charge in [0, 0.05) is 72.7 Å². The SMILES string of the molecule is COC(=O)C1=C(CN2CCN3C(=O)N(c4ccc(CCC(N)=O)cc4)CC3C2)NC(c2nccs2)=NC1c1ccc(F)cc1Cl. The van der Waals surface area contributed by atoms with Crippen LogP contribution in [0.1, 0.15) is 28.6 Å². The number of primary amides is 1. The van der Waals surface area contributed by atoms with E-state index in [-0.39, 0.29) is 35.0 Å². The summed E-state index contributed by atoms with van der Waals surface area (Å²) in [6.07, 6.45) is 2.49. The lowest BCUT2D eigenvalue weighted by Gasteiger charge is -2.38. The van der Waals surface area contributed by atoms with Crippen LogP contribution in [0, 0.1) is 5.82 Å². The molecule has 11 nitrogen and oxygen atoms in total. The van der Waals surface area contributed by atoms with Gasteiger partial charge in [0.25, 0.3) is 0 Å². The van der Waals surface area contributed by atoms with Crippen LogP contribution >= 0.6 is 22.9 Å². The van der Waals surface area contributed by atoms with E-state index in [1.54, 1.807) is 11.1 Å². The maximum atomic E-state index is 14.0. The van der Waals surface area contributed by atoms with Crippen molar-refractivity contribution < 1.29 is 23.5 Å². The number of carbonyl (C=O) groups excluding carboxylic acids is 3. The minimum absolute atomic E-state index is 0.0565. The monoisotopic (exact) mass is 651 g/mol. The smallest absolute Gasteiger partial charge is 0.338 e. The molecule has 0 radical (unpaired) electrons.